The molecule has 0 atom stereocenters. The molecule has 0 aliphatic heterocycles. The highest BCUT2D eigenvalue weighted by molar-refractivity contribution is 6.30. The Morgan fingerprint density at radius 3 is 2.49 bits per heavy atom. The molecule has 0 bridgehead atoms. The van der Waals surface area contributed by atoms with E-state index in [1.807, 2.05) is 20.8 Å². The zero-order valence-electron chi connectivity index (χ0n) is 19.8. The van der Waals surface area contributed by atoms with Crippen LogP contribution in [0.3, 0.4) is 0 Å². The topological polar surface area (TPSA) is 116 Å². The molecule has 3 heterocycles. The van der Waals surface area contributed by atoms with E-state index in [1.54, 1.807) is 48.3 Å². The van der Waals surface area contributed by atoms with Gasteiger partial charge in [0.25, 0.3) is 11.8 Å². The molecule has 2 N–H and O–H groups in total. The highest BCUT2D eigenvalue weighted by Crippen LogP contribution is 2.24. The fraction of sp³-hybridized carbons (Fsp3) is 0.250. The van der Waals surface area contributed by atoms with Gasteiger partial charge in [0.1, 0.15) is 23.8 Å². The average molecular weight is 497 g/mol. The summed E-state index contributed by atoms with van der Waals surface area (Å²) >= 11 is 5.98. The number of anilines is 2. The summed E-state index contributed by atoms with van der Waals surface area (Å²) in [4.78, 5) is 25.9. The monoisotopic (exact) mass is 496 g/mol. The number of nitrogens with zero attached hydrogens (tertiary/aromatic N) is 4. The number of aryl methyl sites for hydroxylation is 3. The molecule has 3 aromatic heterocycles. The van der Waals surface area contributed by atoms with E-state index in [9.17, 15) is 9.59 Å². The van der Waals surface area contributed by atoms with Gasteiger partial charge in [-0.1, -0.05) is 11.6 Å². The molecule has 0 aliphatic carbocycles. The maximum absolute atomic E-state index is 13.0. The molecule has 0 fully saturated rings. The molecular formula is C24H25ClN6O4. The minimum absolute atomic E-state index is 0.0788. The van der Waals surface area contributed by atoms with E-state index in [2.05, 4.69) is 20.8 Å². The molecule has 10 nitrogen and oxygen atoms in total. The third kappa shape index (κ3) is 5.22. The summed E-state index contributed by atoms with van der Waals surface area (Å²) in [6.07, 6.45) is 3.00. The lowest BCUT2D eigenvalue weighted by atomic mass is 10.2. The summed E-state index contributed by atoms with van der Waals surface area (Å²) in [5.74, 6) is 0.293. The van der Waals surface area contributed by atoms with Crippen LogP contribution in [0.15, 0.2) is 47.1 Å². The van der Waals surface area contributed by atoms with Crippen molar-refractivity contribution >= 4 is 34.8 Å². The van der Waals surface area contributed by atoms with Crippen LogP contribution in [0.4, 0.5) is 11.4 Å². The molecule has 35 heavy (non-hydrogen) atoms. The fourth-order valence-corrected chi connectivity index (χ4v) is 3.67. The van der Waals surface area contributed by atoms with Crippen LogP contribution in [0.5, 0.6) is 5.75 Å². The molecule has 0 radical (unpaired) electrons. The number of carbonyl (C=O) groups excluding carboxylic acids is 2. The Kier molecular flexibility index (Phi) is 6.92. The van der Waals surface area contributed by atoms with Crippen LogP contribution in [-0.2, 0) is 20.2 Å². The number of hydrogen-bond donors (Lipinski definition) is 2. The summed E-state index contributed by atoms with van der Waals surface area (Å²) in [6, 6.07) is 8.53. The lowest BCUT2D eigenvalue weighted by Gasteiger charge is -2.09. The van der Waals surface area contributed by atoms with Crippen LogP contribution in [-0.4, -0.2) is 31.4 Å². The summed E-state index contributed by atoms with van der Waals surface area (Å²) < 4.78 is 14.6. The van der Waals surface area contributed by atoms with Crippen LogP contribution in [0.2, 0.25) is 5.02 Å². The number of rotatable bonds is 8. The Labute approximate surface area is 206 Å². The van der Waals surface area contributed by atoms with Gasteiger partial charge in [0.15, 0.2) is 5.76 Å². The van der Waals surface area contributed by atoms with Crippen molar-refractivity contribution in [1.29, 1.82) is 0 Å². The van der Waals surface area contributed by atoms with Gasteiger partial charge in [0.2, 0.25) is 0 Å². The van der Waals surface area contributed by atoms with E-state index in [4.69, 9.17) is 20.8 Å². The third-order valence-corrected chi connectivity index (χ3v) is 5.71. The number of hydrogen-bond acceptors (Lipinski definition) is 6. The molecule has 182 valence electrons. The van der Waals surface area contributed by atoms with Crippen molar-refractivity contribution < 1.29 is 18.7 Å². The van der Waals surface area contributed by atoms with Crippen LogP contribution < -0.4 is 15.4 Å². The summed E-state index contributed by atoms with van der Waals surface area (Å²) in [5, 5.41) is 14.5. The minimum atomic E-state index is -0.513. The van der Waals surface area contributed by atoms with Crippen molar-refractivity contribution in [2.45, 2.75) is 33.9 Å². The lowest BCUT2D eigenvalue weighted by Crippen LogP contribution is -2.21. The quantitative estimate of drug-likeness (QED) is 0.368. The number of aromatic nitrogens is 4. The summed E-state index contributed by atoms with van der Waals surface area (Å²) in [7, 11) is 1.78. The zero-order chi connectivity index (χ0) is 25.1. The Balaban J connectivity index is 1.45. The number of ether oxygens (including phenoxy) is 1. The summed E-state index contributed by atoms with van der Waals surface area (Å²) in [5.41, 5.74) is 2.75. The summed E-state index contributed by atoms with van der Waals surface area (Å²) in [6.45, 7) is 6.17. The minimum Gasteiger partial charge on any atom is -0.485 e. The maximum Gasteiger partial charge on any atom is 0.291 e. The Hall–Kier alpha value is -4.05. The lowest BCUT2D eigenvalue weighted by molar-refractivity contribution is 0.0992. The third-order valence-electron chi connectivity index (χ3n) is 5.48. The first-order valence-corrected chi connectivity index (χ1v) is 11.3. The number of nitrogens with one attached hydrogen (secondary N) is 2. The van der Waals surface area contributed by atoms with E-state index < -0.39 is 11.8 Å². The molecule has 0 saturated heterocycles. The van der Waals surface area contributed by atoms with Gasteiger partial charge < -0.3 is 19.8 Å². The van der Waals surface area contributed by atoms with Crippen molar-refractivity contribution in [2.24, 2.45) is 7.05 Å². The predicted molar refractivity (Wildman–Crippen MR) is 131 cm³/mol. The van der Waals surface area contributed by atoms with Crippen molar-refractivity contribution in [3.8, 4) is 5.75 Å². The van der Waals surface area contributed by atoms with Crippen LogP contribution >= 0.6 is 11.6 Å². The van der Waals surface area contributed by atoms with Gasteiger partial charge in [-0.05, 0) is 56.7 Å². The van der Waals surface area contributed by atoms with Gasteiger partial charge in [0, 0.05) is 18.6 Å². The molecule has 11 heteroatoms. The van der Waals surface area contributed by atoms with Crippen molar-refractivity contribution in [2.75, 3.05) is 10.6 Å². The molecule has 2 amide bonds. The smallest absolute Gasteiger partial charge is 0.291 e. The van der Waals surface area contributed by atoms with Crippen molar-refractivity contribution in [3.05, 3.63) is 76.2 Å². The molecule has 4 aromatic rings. The number of furan rings is 1. The first-order valence-electron chi connectivity index (χ1n) is 10.9. The van der Waals surface area contributed by atoms with Gasteiger partial charge in [-0.3, -0.25) is 19.0 Å². The average Bonchev–Trinajstić information content (AvgIpc) is 3.54. The van der Waals surface area contributed by atoms with Gasteiger partial charge in [-0.15, -0.1) is 0 Å². The first kappa shape index (κ1) is 24.1. The van der Waals surface area contributed by atoms with Gasteiger partial charge in [-0.2, -0.15) is 10.2 Å². The fourth-order valence-electron chi connectivity index (χ4n) is 3.44. The number of amides is 2. The van der Waals surface area contributed by atoms with E-state index in [0.717, 1.165) is 11.3 Å². The van der Waals surface area contributed by atoms with E-state index >= 15 is 0 Å². The molecule has 0 aliphatic rings. The van der Waals surface area contributed by atoms with Crippen LogP contribution in [0, 0.1) is 13.8 Å². The molecular weight excluding hydrogens is 472 g/mol. The second-order valence-electron chi connectivity index (χ2n) is 7.86. The van der Waals surface area contributed by atoms with Crippen LogP contribution in [0.25, 0.3) is 0 Å². The predicted octanol–water partition coefficient (Wildman–Crippen LogP) is 4.58. The van der Waals surface area contributed by atoms with Gasteiger partial charge in [-0.25, -0.2) is 0 Å². The largest absolute Gasteiger partial charge is 0.485 e. The Morgan fingerprint density at radius 2 is 1.80 bits per heavy atom. The van der Waals surface area contributed by atoms with Crippen molar-refractivity contribution in [3.63, 3.8) is 0 Å². The van der Waals surface area contributed by atoms with E-state index in [0.29, 0.717) is 28.8 Å². The standard InChI is InChI=1S/C24H25ClN6O4/c1-5-31-22(24(33)28-18-11-26-30(4)15(18)3)19(12-27-31)29-23(32)21-9-7-17(35-21)13-34-20-8-6-16(25)10-14(20)2/h6-12H,5,13H2,1-4H3,(H,28,33)(H,29,32). The highest BCUT2D eigenvalue weighted by Gasteiger charge is 2.22. The first-order chi connectivity index (χ1) is 16.8. The second-order valence-corrected chi connectivity index (χ2v) is 8.30. The normalized spacial score (nSPS) is 10.9. The molecule has 0 saturated carbocycles. The van der Waals surface area contributed by atoms with E-state index in [1.165, 1.54) is 10.9 Å². The number of halogens is 1. The second kappa shape index (κ2) is 10.1. The number of carbonyl (C=O) groups is 2. The van der Waals surface area contributed by atoms with E-state index in [-0.39, 0.29) is 23.7 Å². The SMILES string of the molecule is CCn1ncc(NC(=O)c2ccc(COc3ccc(Cl)cc3C)o2)c1C(=O)Nc1cnn(C)c1C. The Morgan fingerprint density at radius 1 is 1.06 bits per heavy atom. The van der Waals surface area contributed by atoms with Crippen molar-refractivity contribution in [1.82, 2.24) is 19.6 Å². The maximum atomic E-state index is 13.0. The molecule has 1 aromatic carbocycles. The Bertz CT molecular complexity index is 1390. The van der Waals surface area contributed by atoms with Crippen LogP contribution in [0.1, 0.15) is 45.0 Å². The van der Waals surface area contributed by atoms with Gasteiger partial charge >= 0.3 is 0 Å². The highest BCUT2D eigenvalue weighted by atomic mass is 35.5. The number of benzene rings is 1. The molecule has 0 unspecified atom stereocenters. The molecule has 4 rings (SSSR count). The van der Waals surface area contributed by atoms with Gasteiger partial charge in [0.05, 0.1) is 29.5 Å². The molecule has 0 spiro atoms. The zero-order valence-corrected chi connectivity index (χ0v) is 20.5.